The van der Waals surface area contributed by atoms with Crippen LogP contribution in [0.2, 0.25) is 0 Å². The highest BCUT2D eigenvalue weighted by Gasteiger charge is 2.77. The number of carbonyl (C=O) groups excluding carboxylic acids is 3. The smallest absolute Gasteiger partial charge is 0.359 e. The Morgan fingerprint density at radius 2 is 1.89 bits per heavy atom. The minimum atomic E-state index is -1.64. The SMILES string of the molecule is C=N[C@@]1(C(=O)OCOC(=O)C(C)(C)C)N2C(=O)[C@@H]([N+](=C)N3CCC(COCCCN)CC3)[C@H]2SC1(C)C. The summed E-state index contributed by atoms with van der Waals surface area (Å²) in [6.07, 6.45) is 2.75. The van der Waals surface area contributed by atoms with Crippen LogP contribution < -0.4 is 5.73 Å². The van der Waals surface area contributed by atoms with Gasteiger partial charge in [0.15, 0.2) is 12.1 Å². The van der Waals surface area contributed by atoms with E-state index in [-0.39, 0.29) is 11.3 Å². The van der Waals surface area contributed by atoms with Crippen LogP contribution in [0.1, 0.15) is 53.9 Å². The van der Waals surface area contributed by atoms with Gasteiger partial charge < -0.3 is 19.9 Å². The van der Waals surface area contributed by atoms with Crippen molar-refractivity contribution in [2.75, 3.05) is 39.6 Å². The Balaban J connectivity index is 1.63. The predicted octanol–water partition coefficient (Wildman–Crippen LogP) is 1.24. The molecule has 0 aromatic carbocycles. The fourth-order valence-electron chi connectivity index (χ4n) is 4.94. The molecule has 12 heteroatoms. The van der Waals surface area contributed by atoms with Gasteiger partial charge in [-0.2, -0.15) is 5.01 Å². The van der Waals surface area contributed by atoms with Gasteiger partial charge >= 0.3 is 17.8 Å². The van der Waals surface area contributed by atoms with Gasteiger partial charge in [0.1, 0.15) is 0 Å². The largest absolute Gasteiger partial charge is 0.427 e. The van der Waals surface area contributed by atoms with Crippen molar-refractivity contribution in [3.05, 3.63) is 0 Å². The zero-order valence-corrected chi connectivity index (χ0v) is 23.6. The average molecular weight is 541 g/mol. The lowest BCUT2D eigenvalue weighted by molar-refractivity contribution is -0.711. The molecule has 2 N–H and O–H groups in total. The number of hydrogen-bond donors (Lipinski definition) is 1. The molecule has 37 heavy (non-hydrogen) atoms. The lowest BCUT2D eigenvalue weighted by Gasteiger charge is -2.46. The molecule has 1 amide bonds. The number of β-lactam (4-membered cyclic amide) rings is 1. The Morgan fingerprint density at radius 1 is 1.24 bits per heavy atom. The molecule has 0 unspecified atom stereocenters. The molecule has 3 aliphatic heterocycles. The van der Waals surface area contributed by atoms with Crippen molar-refractivity contribution in [1.82, 2.24) is 9.91 Å². The molecule has 208 valence electrons. The Hall–Kier alpha value is -2.18. The molecule has 11 nitrogen and oxygen atoms in total. The Morgan fingerprint density at radius 3 is 2.46 bits per heavy atom. The third-order valence-corrected chi connectivity index (χ3v) is 8.83. The second kappa shape index (κ2) is 11.3. The molecule has 3 rings (SSSR count). The number of hydrazone groups is 1. The van der Waals surface area contributed by atoms with Crippen molar-refractivity contribution < 1.29 is 33.3 Å². The maximum atomic E-state index is 13.5. The zero-order chi connectivity index (χ0) is 27.6. The van der Waals surface area contributed by atoms with Crippen molar-refractivity contribution in [3.8, 4) is 0 Å². The van der Waals surface area contributed by atoms with Crippen molar-refractivity contribution >= 4 is 43.0 Å². The second-order valence-electron chi connectivity index (χ2n) is 11.3. The zero-order valence-electron chi connectivity index (χ0n) is 22.7. The standard InChI is InChI=1S/C25H42N5O6S/c1-23(2,3)21(32)35-16-36-22(33)25(27-6)24(4,5)37-20-18(19(31)30(20)25)28(7)29-12-9-17(10-13-29)15-34-14-8-11-26/h17-18,20H,6-16,26H2,1-5H3/q+1/t18-,20-,25+/m1/s1. The van der Waals surface area contributed by atoms with Gasteiger partial charge in [-0.3, -0.25) is 19.5 Å². The summed E-state index contributed by atoms with van der Waals surface area (Å²) in [5, 5.41) is 1.74. The number of thioether (sulfide) groups is 1. The summed E-state index contributed by atoms with van der Waals surface area (Å²) in [7, 11) is 0. The third kappa shape index (κ3) is 5.51. The van der Waals surface area contributed by atoms with Gasteiger partial charge in [0, 0.05) is 13.2 Å². The first kappa shape index (κ1) is 29.4. The van der Waals surface area contributed by atoms with Gasteiger partial charge in [-0.1, -0.05) is 0 Å². The fourth-order valence-corrected chi connectivity index (χ4v) is 6.70. The fraction of sp³-hybridized carbons (Fsp3) is 0.800. The molecule has 0 aromatic rings. The normalized spacial score (nSPS) is 27.4. The van der Waals surface area contributed by atoms with Crippen molar-refractivity contribution in [2.45, 2.75) is 75.7 Å². The molecule has 3 fully saturated rings. The van der Waals surface area contributed by atoms with Gasteiger partial charge in [0.25, 0.3) is 6.04 Å². The van der Waals surface area contributed by atoms with Crippen LogP contribution in [0.4, 0.5) is 0 Å². The monoisotopic (exact) mass is 540 g/mol. The van der Waals surface area contributed by atoms with E-state index < -0.39 is 40.6 Å². The van der Waals surface area contributed by atoms with Crippen LogP contribution in [-0.4, -0.2) is 107 Å². The van der Waals surface area contributed by atoms with Gasteiger partial charge in [-0.15, -0.1) is 16.4 Å². The first-order valence-electron chi connectivity index (χ1n) is 12.8. The van der Waals surface area contributed by atoms with E-state index in [2.05, 4.69) is 23.4 Å². The number of rotatable bonds is 11. The first-order valence-corrected chi connectivity index (χ1v) is 13.7. The molecule has 0 aromatic heterocycles. The molecule has 3 atom stereocenters. The number of fused-ring (bicyclic) bond motifs is 1. The summed E-state index contributed by atoms with van der Waals surface area (Å²) in [5.74, 6) is -1.07. The van der Waals surface area contributed by atoms with E-state index in [0.29, 0.717) is 25.7 Å². The number of nitrogens with two attached hydrogens (primary N) is 1. The van der Waals surface area contributed by atoms with Crippen molar-refractivity contribution in [3.63, 3.8) is 0 Å². The summed E-state index contributed by atoms with van der Waals surface area (Å²) < 4.78 is 17.1. The number of aliphatic imine (C=N–C) groups is 1. The lowest BCUT2D eigenvalue weighted by atomic mass is 9.89. The number of nitrogens with zero attached hydrogens (tertiary/aromatic N) is 4. The number of hydrogen-bond acceptors (Lipinski definition) is 10. The number of carbonyl (C=O) groups is 3. The first-order chi connectivity index (χ1) is 17.3. The van der Waals surface area contributed by atoms with Crippen LogP contribution in [0.3, 0.4) is 0 Å². The van der Waals surface area contributed by atoms with E-state index in [1.165, 1.54) is 16.7 Å². The topological polar surface area (TPSA) is 127 Å². The molecule has 0 saturated carbocycles. The summed E-state index contributed by atoms with van der Waals surface area (Å²) in [5.41, 5.74) is 3.14. The minimum absolute atomic E-state index is 0.263. The highest BCUT2D eigenvalue weighted by Crippen LogP contribution is 2.58. The number of amides is 1. The van der Waals surface area contributed by atoms with Gasteiger partial charge in [-0.25, -0.2) is 4.79 Å². The number of ether oxygens (including phenoxy) is 3. The summed E-state index contributed by atoms with van der Waals surface area (Å²) in [4.78, 5) is 44.4. The van der Waals surface area contributed by atoms with Crippen LogP contribution in [0.15, 0.2) is 4.99 Å². The summed E-state index contributed by atoms with van der Waals surface area (Å²) >= 11 is 1.47. The minimum Gasteiger partial charge on any atom is -0.427 e. The molecule has 3 heterocycles. The molecule has 3 saturated heterocycles. The molecule has 0 spiro atoms. The van der Waals surface area contributed by atoms with E-state index in [1.54, 1.807) is 25.5 Å². The van der Waals surface area contributed by atoms with Gasteiger partial charge in [0.05, 0.1) is 23.3 Å². The third-order valence-electron chi connectivity index (χ3n) is 7.25. The van der Waals surface area contributed by atoms with Gasteiger partial charge in [-0.05, 0) is 73.1 Å². The van der Waals surface area contributed by atoms with Crippen molar-refractivity contribution in [2.24, 2.45) is 22.1 Å². The predicted molar refractivity (Wildman–Crippen MR) is 141 cm³/mol. The van der Waals surface area contributed by atoms with E-state index in [1.807, 2.05) is 13.8 Å². The number of esters is 2. The van der Waals surface area contributed by atoms with Crippen LogP contribution in [-0.2, 0) is 28.6 Å². The maximum absolute atomic E-state index is 13.5. The lowest BCUT2D eigenvalue weighted by Crippen LogP contribution is -2.75. The van der Waals surface area contributed by atoms with Crippen LogP contribution >= 0.6 is 11.8 Å². The highest BCUT2D eigenvalue weighted by atomic mass is 32.2. The summed E-state index contributed by atoms with van der Waals surface area (Å²) in [6, 6.07) is -0.531. The number of piperidine rings is 1. The quantitative estimate of drug-likeness (QED) is 0.103. The molecule has 0 bridgehead atoms. The molecule has 0 aliphatic carbocycles. The van der Waals surface area contributed by atoms with Crippen LogP contribution in [0, 0.1) is 11.3 Å². The molecule has 0 radical (unpaired) electrons. The maximum Gasteiger partial charge on any atom is 0.359 e. The van der Waals surface area contributed by atoms with E-state index in [9.17, 15) is 14.4 Å². The Labute approximate surface area is 223 Å². The van der Waals surface area contributed by atoms with E-state index >= 15 is 0 Å². The molecular formula is C25H42N5O6S+. The van der Waals surface area contributed by atoms with Gasteiger partial charge in [0.2, 0.25) is 12.5 Å². The van der Waals surface area contributed by atoms with Crippen LogP contribution in [0.5, 0.6) is 0 Å². The molecule has 3 aliphatic rings. The van der Waals surface area contributed by atoms with Crippen molar-refractivity contribution in [1.29, 1.82) is 0 Å². The highest BCUT2D eigenvalue weighted by molar-refractivity contribution is 8.01. The van der Waals surface area contributed by atoms with E-state index in [0.717, 1.165) is 32.4 Å². The molecular weight excluding hydrogens is 498 g/mol. The average Bonchev–Trinajstić information content (AvgIpc) is 3.05. The van der Waals surface area contributed by atoms with E-state index in [4.69, 9.17) is 19.9 Å². The number of hydrazine groups is 1. The Kier molecular flexibility index (Phi) is 8.96. The summed E-state index contributed by atoms with van der Waals surface area (Å²) in [6.45, 7) is 19.6. The van der Waals surface area contributed by atoms with Crippen LogP contribution in [0.25, 0.3) is 0 Å². The second-order valence-corrected chi connectivity index (χ2v) is 13.0. The Bertz CT molecular complexity index is 914.